The molecule has 0 spiro atoms. The van der Waals surface area contributed by atoms with Crippen molar-refractivity contribution in [1.82, 2.24) is 5.32 Å². The minimum absolute atomic E-state index is 0.261. The molecule has 1 saturated carbocycles. The molecular weight excluding hydrogens is 396 g/mol. The van der Waals surface area contributed by atoms with E-state index >= 15 is 0 Å². The number of hydrogen-bond acceptors (Lipinski definition) is 6. The minimum Gasteiger partial charge on any atom is -0.467 e. The molecule has 3 atom stereocenters. The van der Waals surface area contributed by atoms with Gasteiger partial charge in [-0.1, -0.05) is 26.0 Å². The van der Waals surface area contributed by atoms with Gasteiger partial charge in [0.05, 0.1) is 12.5 Å². The topological polar surface area (TPSA) is 108 Å². The average Bonchev–Trinajstić information content (AvgIpc) is 2.91. The van der Waals surface area contributed by atoms with Gasteiger partial charge in [-0.2, -0.15) is 0 Å². The lowest BCUT2D eigenvalue weighted by atomic mass is 9.65. The number of ether oxygens (including phenoxy) is 2. The molecule has 7 heteroatoms. The highest BCUT2D eigenvalue weighted by atomic mass is 16.6. The van der Waals surface area contributed by atoms with Crippen LogP contribution in [0.2, 0.25) is 0 Å². The number of amides is 1. The highest BCUT2D eigenvalue weighted by molar-refractivity contribution is 5.88. The Morgan fingerprint density at radius 1 is 1.16 bits per heavy atom. The molecule has 1 aromatic rings. The third kappa shape index (κ3) is 5.38. The van der Waals surface area contributed by atoms with Crippen LogP contribution >= 0.6 is 0 Å². The number of esters is 2. The predicted octanol–water partition coefficient (Wildman–Crippen LogP) is 3.25. The number of hydrogen-bond donors (Lipinski definition) is 2. The largest absolute Gasteiger partial charge is 0.467 e. The molecule has 31 heavy (non-hydrogen) atoms. The molecule has 0 radical (unpaired) electrons. The molecule has 0 heterocycles. The second-order valence-electron chi connectivity index (χ2n) is 10.2. The first-order valence-electron chi connectivity index (χ1n) is 10.7. The van der Waals surface area contributed by atoms with E-state index in [1.165, 1.54) is 7.11 Å². The molecule has 0 bridgehead atoms. The number of nitrogen functional groups attached to an aromatic ring is 1. The Bertz CT molecular complexity index is 825. The molecule has 1 aromatic carbocycles. The van der Waals surface area contributed by atoms with Gasteiger partial charge in [-0.3, -0.25) is 9.59 Å². The van der Waals surface area contributed by atoms with Crippen molar-refractivity contribution in [2.75, 3.05) is 12.8 Å². The standard InChI is InChI=1S/C24H36N2O5/c1-22(2,3)31-21(29)24(6)13-12-17(23(24,4)5)19(27)26-18(20(28)30-7)14-15-8-10-16(25)11-9-15/h8-11,17-18H,12-14,25H2,1-7H3,(H,26,27)/t17-,18+,24+/m1/s1. The maximum atomic E-state index is 13.2. The van der Waals surface area contributed by atoms with Crippen molar-refractivity contribution in [2.45, 2.75) is 72.4 Å². The van der Waals surface area contributed by atoms with E-state index in [1.54, 1.807) is 12.1 Å². The van der Waals surface area contributed by atoms with Crippen molar-refractivity contribution in [3.63, 3.8) is 0 Å². The molecule has 0 unspecified atom stereocenters. The zero-order valence-electron chi connectivity index (χ0n) is 19.7. The summed E-state index contributed by atoms with van der Waals surface area (Å²) < 4.78 is 10.6. The maximum Gasteiger partial charge on any atom is 0.328 e. The molecule has 0 aromatic heterocycles. The first-order chi connectivity index (χ1) is 14.2. The van der Waals surface area contributed by atoms with E-state index in [9.17, 15) is 14.4 Å². The highest BCUT2D eigenvalue weighted by Gasteiger charge is 2.59. The number of nitrogens with two attached hydrogens (primary N) is 1. The van der Waals surface area contributed by atoms with Crippen LogP contribution in [0.4, 0.5) is 5.69 Å². The number of carbonyl (C=O) groups is 3. The predicted molar refractivity (Wildman–Crippen MR) is 119 cm³/mol. The van der Waals surface area contributed by atoms with Gasteiger partial charge >= 0.3 is 11.9 Å². The van der Waals surface area contributed by atoms with Crippen LogP contribution < -0.4 is 11.1 Å². The van der Waals surface area contributed by atoms with Gasteiger partial charge in [-0.15, -0.1) is 0 Å². The smallest absolute Gasteiger partial charge is 0.328 e. The molecule has 0 saturated heterocycles. The molecular formula is C24H36N2O5. The van der Waals surface area contributed by atoms with E-state index in [4.69, 9.17) is 15.2 Å². The summed E-state index contributed by atoms with van der Waals surface area (Å²) in [5.74, 6) is -1.52. The molecule has 1 fully saturated rings. The van der Waals surface area contributed by atoms with Gasteiger partial charge in [0.25, 0.3) is 0 Å². The van der Waals surface area contributed by atoms with E-state index in [0.717, 1.165) is 5.56 Å². The minimum atomic E-state index is -0.828. The van der Waals surface area contributed by atoms with Crippen molar-refractivity contribution in [3.8, 4) is 0 Å². The van der Waals surface area contributed by atoms with Crippen molar-refractivity contribution < 1.29 is 23.9 Å². The van der Waals surface area contributed by atoms with Gasteiger partial charge < -0.3 is 20.5 Å². The third-order valence-electron chi connectivity index (χ3n) is 6.61. The normalized spacial score (nSPS) is 23.6. The second kappa shape index (κ2) is 8.89. The van der Waals surface area contributed by atoms with Crippen LogP contribution in [-0.4, -0.2) is 36.6 Å². The summed E-state index contributed by atoms with van der Waals surface area (Å²) in [6.07, 6.45) is 1.35. The van der Waals surface area contributed by atoms with Crippen molar-refractivity contribution in [1.29, 1.82) is 0 Å². The van der Waals surface area contributed by atoms with E-state index in [2.05, 4.69) is 5.32 Å². The van der Waals surface area contributed by atoms with Crippen molar-refractivity contribution in [3.05, 3.63) is 29.8 Å². The van der Waals surface area contributed by atoms with Crippen LogP contribution in [0, 0.1) is 16.7 Å². The van der Waals surface area contributed by atoms with E-state index < -0.39 is 34.4 Å². The monoisotopic (exact) mass is 432 g/mol. The SMILES string of the molecule is COC(=O)[C@H](Cc1ccc(N)cc1)NC(=O)[C@H]1CC[C@@](C)(C(=O)OC(C)(C)C)C1(C)C. The number of nitrogens with one attached hydrogen (secondary N) is 1. The molecule has 7 nitrogen and oxygen atoms in total. The van der Waals surface area contributed by atoms with E-state index in [0.29, 0.717) is 18.5 Å². The summed E-state index contributed by atoms with van der Waals surface area (Å²) >= 11 is 0. The second-order valence-corrected chi connectivity index (χ2v) is 10.2. The van der Waals surface area contributed by atoms with Gasteiger partial charge in [0.15, 0.2) is 0 Å². The number of carbonyl (C=O) groups excluding carboxylic acids is 3. The maximum absolute atomic E-state index is 13.2. The fourth-order valence-corrected chi connectivity index (χ4v) is 4.21. The number of methoxy groups -OCH3 is 1. The van der Waals surface area contributed by atoms with Crippen LogP contribution in [0.15, 0.2) is 24.3 Å². The Kier molecular flexibility index (Phi) is 7.08. The lowest BCUT2D eigenvalue weighted by Crippen LogP contribution is -2.51. The summed E-state index contributed by atoms with van der Waals surface area (Å²) in [5, 5.41) is 2.86. The van der Waals surface area contributed by atoms with Gasteiger partial charge in [0, 0.05) is 18.0 Å². The molecule has 2 rings (SSSR count). The Morgan fingerprint density at radius 3 is 2.26 bits per heavy atom. The van der Waals surface area contributed by atoms with Crippen molar-refractivity contribution >= 4 is 23.5 Å². The summed E-state index contributed by atoms with van der Waals surface area (Å²) in [7, 11) is 1.30. The van der Waals surface area contributed by atoms with Crippen LogP contribution in [0.25, 0.3) is 0 Å². The van der Waals surface area contributed by atoms with E-state index in [-0.39, 0.29) is 18.3 Å². The van der Waals surface area contributed by atoms with Gasteiger partial charge in [0.2, 0.25) is 5.91 Å². The van der Waals surface area contributed by atoms with Crippen LogP contribution in [0.1, 0.15) is 59.9 Å². The first-order valence-corrected chi connectivity index (χ1v) is 10.7. The molecule has 1 aliphatic carbocycles. The van der Waals surface area contributed by atoms with E-state index in [1.807, 2.05) is 53.7 Å². The summed E-state index contributed by atoms with van der Waals surface area (Å²) in [6, 6.07) is 6.30. The van der Waals surface area contributed by atoms with Crippen molar-refractivity contribution in [2.24, 2.45) is 16.7 Å². The Morgan fingerprint density at radius 2 is 1.74 bits per heavy atom. The van der Waals surface area contributed by atoms with Gasteiger partial charge in [0.1, 0.15) is 11.6 Å². The fraction of sp³-hybridized carbons (Fsp3) is 0.625. The highest BCUT2D eigenvalue weighted by Crippen LogP contribution is 2.57. The fourth-order valence-electron chi connectivity index (χ4n) is 4.21. The molecule has 3 N–H and O–H groups in total. The quantitative estimate of drug-likeness (QED) is 0.528. The molecule has 1 amide bonds. The lowest BCUT2D eigenvalue weighted by Gasteiger charge is -2.40. The van der Waals surface area contributed by atoms with Crippen LogP contribution in [0.3, 0.4) is 0 Å². The zero-order chi connectivity index (χ0) is 23.6. The Balaban J connectivity index is 2.19. The lowest BCUT2D eigenvalue weighted by molar-refractivity contribution is -0.173. The first kappa shape index (κ1) is 24.7. The number of anilines is 1. The zero-order valence-corrected chi connectivity index (χ0v) is 19.7. The van der Waals surface area contributed by atoms with Gasteiger partial charge in [-0.05, 0) is 63.6 Å². The van der Waals surface area contributed by atoms with Crippen LogP contribution in [-0.2, 0) is 30.3 Å². The van der Waals surface area contributed by atoms with Gasteiger partial charge in [-0.25, -0.2) is 4.79 Å². The Labute approximate surface area is 185 Å². The number of benzene rings is 1. The summed E-state index contributed by atoms with van der Waals surface area (Å²) in [6.45, 7) is 11.2. The average molecular weight is 433 g/mol. The number of rotatable bonds is 6. The summed E-state index contributed by atoms with van der Waals surface area (Å²) in [4.78, 5) is 38.6. The van der Waals surface area contributed by atoms with Crippen LogP contribution in [0.5, 0.6) is 0 Å². The Hall–Kier alpha value is -2.57. The molecule has 172 valence electrons. The third-order valence-corrected chi connectivity index (χ3v) is 6.61. The molecule has 1 aliphatic rings. The summed E-state index contributed by atoms with van der Waals surface area (Å²) in [5.41, 5.74) is 5.14. The molecule has 0 aliphatic heterocycles.